The van der Waals surface area contributed by atoms with Crippen LogP contribution in [0.2, 0.25) is 5.15 Å². The van der Waals surface area contributed by atoms with Crippen LogP contribution in [0.25, 0.3) is 22.3 Å². The first kappa shape index (κ1) is 21.6. The van der Waals surface area contributed by atoms with E-state index in [1.54, 1.807) is 24.3 Å². The third-order valence-corrected chi connectivity index (χ3v) is 5.63. The number of nitrogen functional groups attached to an aromatic ring is 1. The van der Waals surface area contributed by atoms with E-state index in [0.717, 1.165) is 22.5 Å². The molecule has 0 spiro atoms. The van der Waals surface area contributed by atoms with Gasteiger partial charge < -0.3 is 20.9 Å². The second-order valence-corrected chi connectivity index (χ2v) is 8.21. The number of rotatable bonds is 5. The molecule has 2 aromatic heterocycles. The van der Waals surface area contributed by atoms with E-state index < -0.39 is 0 Å². The highest BCUT2D eigenvalue weighted by atomic mass is 35.5. The molecule has 0 saturated carbocycles. The molecule has 162 valence electrons. The van der Waals surface area contributed by atoms with Gasteiger partial charge in [-0.2, -0.15) is 0 Å². The number of aryl methyl sites for hydroxylation is 2. The monoisotopic (exact) mass is 446 g/mol. The van der Waals surface area contributed by atoms with Crippen LogP contribution in [0.1, 0.15) is 35.3 Å². The summed E-state index contributed by atoms with van der Waals surface area (Å²) in [6.45, 7) is 5.84. The molecule has 32 heavy (non-hydrogen) atoms. The zero-order valence-electron chi connectivity index (χ0n) is 18.0. The minimum absolute atomic E-state index is 0.127. The summed E-state index contributed by atoms with van der Waals surface area (Å²) >= 11 is 5.98. The van der Waals surface area contributed by atoms with Crippen molar-refractivity contribution in [3.63, 3.8) is 0 Å². The van der Waals surface area contributed by atoms with Crippen LogP contribution in [0.4, 0.5) is 11.4 Å². The maximum Gasteiger partial charge on any atom is 0.193 e. The summed E-state index contributed by atoms with van der Waals surface area (Å²) in [6, 6.07) is 14.0. The number of anilines is 2. The van der Waals surface area contributed by atoms with Gasteiger partial charge in [0.25, 0.3) is 0 Å². The summed E-state index contributed by atoms with van der Waals surface area (Å²) in [5.41, 5.74) is 11.6. The Bertz CT molecular complexity index is 1410. The van der Waals surface area contributed by atoms with Gasteiger partial charge in [0.1, 0.15) is 16.5 Å². The number of nitrogens with two attached hydrogens (primary N) is 1. The summed E-state index contributed by atoms with van der Waals surface area (Å²) in [5, 5.41) is 11.8. The molecule has 0 aliphatic heterocycles. The van der Waals surface area contributed by atoms with Gasteiger partial charge in [0.2, 0.25) is 0 Å². The van der Waals surface area contributed by atoms with Crippen molar-refractivity contribution in [3.05, 3.63) is 86.3 Å². The zero-order valence-corrected chi connectivity index (χ0v) is 18.7. The van der Waals surface area contributed by atoms with Crippen molar-refractivity contribution in [2.75, 3.05) is 11.1 Å². The number of hydrogen-bond donors (Lipinski definition) is 3. The second-order valence-electron chi connectivity index (χ2n) is 7.83. The van der Waals surface area contributed by atoms with Crippen molar-refractivity contribution in [3.8, 4) is 11.3 Å². The van der Waals surface area contributed by atoms with E-state index in [9.17, 15) is 4.79 Å². The molecule has 0 bridgehead atoms. The fourth-order valence-electron chi connectivity index (χ4n) is 3.75. The third-order valence-electron chi connectivity index (χ3n) is 5.42. The van der Waals surface area contributed by atoms with Gasteiger partial charge in [-0.3, -0.25) is 4.79 Å². The van der Waals surface area contributed by atoms with Crippen LogP contribution in [0.5, 0.6) is 0 Å². The average molecular weight is 447 g/mol. The standard InChI is InChI=1S/C25H23ClN4O2/c1-13-8-18(14(2)29-21-6-7-24(26)30-15(21)3)25-19(9-13)22(31)11-23(32-25)16-4-5-17(12-27)20(28)10-16/h4-12,14,27,29H,28H2,1-3H3/t14-/m1/s1. The molecule has 2 aromatic carbocycles. The first-order chi connectivity index (χ1) is 15.3. The van der Waals surface area contributed by atoms with Gasteiger partial charge >= 0.3 is 0 Å². The number of aromatic nitrogens is 1. The Morgan fingerprint density at radius 3 is 2.62 bits per heavy atom. The molecule has 0 amide bonds. The van der Waals surface area contributed by atoms with E-state index in [4.69, 9.17) is 27.2 Å². The highest BCUT2D eigenvalue weighted by Gasteiger charge is 2.17. The number of nitrogens with zero attached hydrogens (tertiary/aromatic N) is 1. The molecule has 2 heterocycles. The number of fused-ring (bicyclic) bond motifs is 1. The molecule has 4 aromatic rings. The number of nitrogens with one attached hydrogen (secondary N) is 2. The first-order valence-electron chi connectivity index (χ1n) is 10.2. The predicted molar refractivity (Wildman–Crippen MR) is 131 cm³/mol. The van der Waals surface area contributed by atoms with Crippen molar-refractivity contribution in [2.24, 2.45) is 0 Å². The molecule has 4 N–H and O–H groups in total. The zero-order chi connectivity index (χ0) is 23.0. The Kier molecular flexibility index (Phi) is 5.72. The lowest BCUT2D eigenvalue weighted by atomic mass is 10.00. The molecule has 0 saturated heterocycles. The van der Waals surface area contributed by atoms with E-state index in [1.165, 1.54) is 12.3 Å². The molecule has 1 atom stereocenters. The first-order valence-corrected chi connectivity index (χ1v) is 10.5. The fourth-order valence-corrected chi connectivity index (χ4v) is 3.94. The maximum atomic E-state index is 13.0. The van der Waals surface area contributed by atoms with Gasteiger partial charge in [0.05, 0.1) is 22.8 Å². The molecular formula is C25H23ClN4O2. The van der Waals surface area contributed by atoms with E-state index in [1.807, 2.05) is 39.0 Å². The van der Waals surface area contributed by atoms with Crippen LogP contribution in [0.3, 0.4) is 0 Å². The Hall–Kier alpha value is -3.64. The molecular weight excluding hydrogens is 424 g/mol. The second kappa shape index (κ2) is 8.48. The quantitative estimate of drug-likeness (QED) is 0.202. The summed E-state index contributed by atoms with van der Waals surface area (Å²) in [6.07, 6.45) is 1.19. The van der Waals surface area contributed by atoms with Crippen LogP contribution >= 0.6 is 11.6 Å². The Morgan fingerprint density at radius 1 is 1.16 bits per heavy atom. The minimum Gasteiger partial charge on any atom is -0.455 e. The lowest BCUT2D eigenvalue weighted by molar-refractivity contribution is 0.610. The smallest absolute Gasteiger partial charge is 0.193 e. The molecule has 0 radical (unpaired) electrons. The molecule has 7 heteroatoms. The molecule has 0 aliphatic rings. The van der Waals surface area contributed by atoms with E-state index in [2.05, 4.69) is 10.3 Å². The highest BCUT2D eigenvalue weighted by Crippen LogP contribution is 2.32. The van der Waals surface area contributed by atoms with Gasteiger partial charge in [-0.25, -0.2) is 4.98 Å². The number of benzene rings is 2. The van der Waals surface area contributed by atoms with Crippen LogP contribution in [0.15, 0.2) is 57.7 Å². The summed E-state index contributed by atoms with van der Waals surface area (Å²) < 4.78 is 6.26. The SMILES string of the molecule is Cc1cc([C@@H](C)Nc2ccc(Cl)nc2C)c2oc(-c3ccc(C=N)c(N)c3)cc(=O)c2c1. The van der Waals surface area contributed by atoms with E-state index in [-0.39, 0.29) is 11.5 Å². The summed E-state index contributed by atoms with van der Waals surface area (Å²) in [7, 11) is 0. The van der Waals surface area contributed by atoms with Crippen molar-refractivity contribution in [1.82, 2.24) is 4.98 Å². The van der Waals surface area contributed by atoms with Crippen LogP contribution in [-0.4, -0.2) is 11.2 Å². The molecule has 0 fully saturated rings. The fraction of sp³-hybridized carbons (Fsp3) is 0.160. The maximum absolute atomic E-state index is 13.0. The van der Waals surface area contributed by atoms with Crippen molar-refractivity contribution < 1.29 is 4.42 Å². The Morgan fingerprint density at radius 2 is 1.94 bits per heavy atom. The van der Waals surface area contributed by atoms with Crippen LogP contribution in [-0.2, 0) is 0 Å². The van der Waals surface area contributed by atoms with E-state index in [0.29, 0.717) is 38.7 Å². The van der Waals surface area contributed by atoms with Gasteiger partial charge in [0, 0.05) is 34.7 Å². The normalized spacial score (nSPS) is 12.0. The number of pyridine rings is 1. The van der Waals surface area contributed by atoms with Crippen molar-refractivity contribution in [2.45, 2.75) is 26.8 Å². The van der Waals surface area contributed by atoms with Gasteiger partial charge in [-0.05, 0) is 50.6 Å². The van der Waals surface area contributed by atoms with Crippen molar-refractivity contribution in [1.29, 1.82) is 5.41 Å². The largest absolute Gasteiger partial charge is 0.455 e. The highest BCUT2D eigenvalue weighted by molar-refractivity contribution is 6.29. The molecule has 4 rings (SSSR count). The molecule has 6 nitrogen and oxygen atoms in total. The summed E-state index contributed by atoms with van der Waals surface area (Å²) in [5.74, 6) is 0.423. The Balaban J connectivity index is 1.84. The Labute approximate surface area is 190 Å². The average Bonchev–Trinajstić information content (AvgIpc) is 2.75. The predicted octanol–water partition coefficient (Wildman–Crippen LogP) is 5.88. The van der Waals surface area contributed by atoms with Gasteiger partial charge in [0.15, 0.2) is 5.43 Å². The minimum atomic E-state index is -0.164. The number of hydrogen-bond acceptors (Lipinski definition) is 6. The van der Waals surface area contributed by atoms with Gasteiger partial charge in [-0.15, -0.1) is 0 Å². The molecule has 0 unspecified atom stereocenters. The number of halogens is 1. The third kappa shape index (κ3) is 4.09. The summed E-state index contributed by atoms with van der Waals surface area (Å²) in [4.78, 5) is 17.3. The topological polar surface area (TPSA) is 105 Å². The van der Waals surface area contributed by atoms with Crippen LogP contribution < -0.4 is 16.5 Å². The van der Waals surface area contributed by atoms with E-state index >= 15 is 0 Å². The van der Waals surface area contributed by atoms with Gasteiger partial charge in [-0.1, -0.05) is 29.8 Å². The molecule has 0 aliphatic carbocycles. The van der Waals surface area contributed by atoms with Crippen LogP contribution in [0, 0.1) is 19.3 Å². The lowest BCUT2D eigenvalue weighted by Gasteiger charge is -2.19. The lowest BCUT2D eigenvalue weighted by Crippen LogP contribution is -2.11. The van der Waals surface area contributed by atoms with Crippen molar-refractivity contribution >= 4 is 40.2 Å².